The van der Waals surface area contributed by atoms with Crippen molar-refractivity contribution in [1.29, 1.82) is 0 Å². The van der Waals surface area contributed by atoms with Gasteiger partial charge in [0, 0.05) is 24.8 Å². The van der Waals surface area contributed by atoms with Crippen LogP contribution in [0, 0.1) is 11.7 Å². The fraction of sp³-hybridized carbons (Fsp3) is 0.571. The highest BCUT2D eigenvalue weighted by molar-refractivity contribution is 5.55. The summed E-state index contributed by atoms with van der Waals surface area (Å²) in [7, 11) is 0. The predicted molar refractivity (Wildman–Crippen MR) is 71.0 cm³/mol. The number of aliphatic hydroxyl groups excluding tert-OH is 1. The third-order valence-electron chi connectivity index (χ3n) is 3.74. The first-order valence-corrected chi connectivity index (χ1v) is 6.47. The van der Waals surface area contributed by atoms with E-state index in [1.165, 1.54) is 12.1 Å². The highest BCUT2D eigenvalue weighted by Gasteiger charge is 2.26. The van der Waals surface area contributed by atoms with Crippen molar-refractivity contribution in [2.75, 3.05) is 18.0 Å². The molecule has 1 aliphatic heterocycles. The van der Waals surface area contributed by atoms with Gasteiger partial charge in [-0.3, -0.25) is 0 Å². The molecule has 0 bridgehead atoms. The minimum Gasteiger partial charge on any atom is -0.391 e. The Bertz CT molecular complexity index is 422. The molecule has 100 valence electrons. The van der Waals surface area contributed by atoms with Crippen LogP contribution in [0.5, 0.6) is 0 Å². The molecule has 0 aromatic heterocycles. The van der Waals surface area contributed by atoms with E-state index < -0.39 is 0 Å². The van der Waals surface area contributed by atoms with Crippen molar-refractivity contribution in [2.45, 2.75) is 32.4 Å². The molecule has 1 aromatic carbocycles. The van der Waals surface area contributed by atoms with E-state index in [1.54, 1.807) is 6.07 Å². The predicted octanol–water partition coefficient (Wildman–Crippen LogP) is 2.05. The van der Waals surface area contributed by atoms with Crippen LogP contribution in [0.15, 0.2) is 18.2 Å². The maximum absolute atomic E-state index is 13.3. The van der Waals surface area contributed by atoms with Crippen LogP contribution in [0.2, 0.25) is 0 Å². The number of nitrogens with two attached hydrogens (primary N) is 1. The second-order valence-corrected chi connectivity index (χ2v) is 5.27. The second-order valence-electron chi connectivity index (χ2n) is 5.27. The van der Waals surface area contributed by atoms with Gasteiger partial charge < -0.3 is 15.7 Å². The molecular formula is C14H21FN2O. The lowest BCUT2D eigenvalue weighted by Gasteiger charge is -2.37. The Hall–Kier alpha value is -1.13. The number of rotatable bonds is 2. The number of β-amino-alcohol motifs (C(OH)–C–C–N with tert-alkyl or cyclic N) is 1. The molecule has 0 saturated carbocycles. The average Bonchev–Trinajstić information content (AvgIpc) is 2.32. The van der Waals surface area contributed by atoms with Gasteiger partial charge in [-0.25, -0.2) is 4.39 Å². The van der Waals surface area contributed by atoms with E-state index in [0.717, 1.165) is 24.2 Å². The van der Waals surface area contributed by atoms with Crippen LogP contribution in [0.3, 0.4) is 0 Å². The maximum atomic E-state index is 13.3. The topological polar surface area (TPSA) is 49.5 Å². The molecule has 3 N–H and O–H groups in total. The Morgan fingerprint density at radius 3 is 2.83 bits per heavy atom. The Kier molecular flexibility index (Phi) is 3.88. The van der Waals surface area contributed by atoms with E-state index in [4.69, 9.17) is 5.73 Å². The first-order valence-electron chi connectivity index (χ1n) is 6.47. The highest BCUT2D eigenvalue weighted by Crippen LogP contribution is 2.29. The smallest absolute Gasteiger partial charge is 0.123 e. The van der Waals surface area contributed by atoms with Crippen molar-refractivity contribution >= 4 is 5.69 Å². The lowest BCUT2D eigenvalue weighted by molar-refractivity contribution is 0.103. The lowest BCUT2D eigenvalue weighted by Crippen LogP contribution is -2.43. The van der Waals surface area contributed by atoms with Crippen LogP contribution in [-0.2, 0) is 0 Å². The Morgan fingerprint density at radius 1 is 1.50 bits per heavy atom. The van der Waals surface area contributed by atoms with Gasteiger partial charge in [-0.2, -0.15) is 0 Å². The summed E-state index contributed by atoms with van der Waals surface area (Å²) in [5.74, 6) is 0.0532. The van der Waals surface area contributed by atoms with E-state index in [2.05, 4.69) is 11.8 Å². The van der Waals surface area contributed by atoms with Gasteiger partial charge in [0.05, 0.1) is 6.10 Å². The van der Waals surface area contributed by atoms with Gasteiger partial charge in [-0.1, -0.05) is 6.92 Å². The summed E-state index contributed by atoms with van der Waals surface area (Å²) in [6, 6.07) is 4.49. The number of piperidine rings is 1. The first-order chi connectivity index (χ1) is 8.49. The standard InChI is InChI=1S/C14H21FN2O/c1-9-5-6-17(8-14(9)18)13-4-3-11(15)7-12(13)10(2)16/h3-4,7,9-10,14,18H,5-6,8,16H2,1-2H3/t9?,10-,14?/m1/s1. The summed E-state index contributed by atoms with van der Waals surface area (Å²) in [5, 5.41) is 9.95. The number of hydrogen-bond acceptors (Lipinski definition) is 3. The summed E-state index contributed by atoms with van der Waals surface area (Å²) in [6.45, 7) is 5.37. The van der Waals surface area contributed by atoms with E-state index in [0.29, 0.717) is 12.5 Å². The van der Waals surface area contributed by atoms with Gasteiger partial charge in [0.25, 0.3) is 0 Å². The third-order valence-corrected chi connectivity index (χ3v) is 3.74. The molecule has 1 heterocycles. The fourth-order valence-corrected chi connectivity index (χ4v) is 2.45. The number of hydrogen-bond donors (Lipinski definition) is 2. The van der Waals surface area contributed by atoms with Gasteiger partial charge >= 0.3 is 0 Å². The number of anilines is 1. The summed E-state index contributed by atoms with van der Waals surface area (Å²) in [4.78, 5) is 2.10. The van der Waals surface area contributed by atoms with Crippen LogP contribution >= 0.6 is 0 Å². The molecule has 3 nitrogen and oxygen atoms in total. The molecule has 18 heavy (non-hydrogen) atoms. The van der Waals surface area contributed by atoms with Crippen molar-refractivity contribution < 1.29 is 9.50 Å². The van der Waals surface area contributed by atoms with E-state index >= 15 is 0 Å². The van der Waals surface area contributed by atoms with Crippen molar-refractivity contribution in [3.8, 4) is 0 Å². The number of nitrogens with zero attached hydrogens (tertiary/aromatic N) is 1. The van der Waals surface area contributed by atoms with Gasteiger partial charge in [0.15, 0.2) is 0 Å². The van der Waals surface area contributed by atoms with Gasteiger partial charge in [-0.05, 0) is 43.0 Å². The fourth-order valence-electron chi connectivity index (χ4n) is 2.45. The van der Waals surface area contributed by atoms with Crippen LogP contribution in [0.4, 0.5) is 10.1 Å². The van der Waals surface area contributed by atoms with Crippen molar-refractivity contribution in [2.24, 2.45) is 11.7 Å². The Labute approximate surface area is 107 Å². The first kappa shape index (κ1) is 13.3. The van der Waals surface area contributed by atoms with Crippen molar-refractivity contribution in [3.63, 3.8) is 0 Å². The zero-order chi connectivity index (χ0) is 13.3. The third kappa shape index (κ3) is 2.65. The van der Waals surface area contributed by atoms with E-state index in [9.17, 15) is 9.50 Å². The molecule has 0 aliphatic carbocycles. The average molecular weight is 252 g/mol. The van der Waals surface area contributed by atoms with Crippen LogP contribution in [-0.4, -0.2) is 24.3 Å². The molecular weight excluding hydrogens is 231 g/mol. The Balaban J connectivity index is 2.28. The van der Waals surface area contributed by atoms with Gasteiger partial charge in [-0.15, -0.1) is 0 Å². The Morgan fingerprint density at radius 2 is 2.22 bits per heavy atom. The molecule has 0 spiro atoms. The van der Waals surface area contributed by atoms with Gasteiger partial charge in [0.2, 0.25) is 0 Å². The maximum Gasteiger partial charge on any atom is 0.123 e. The zero-order valence-electron chi connectivity index (χ0n) is 10.9. The minimum atomic E-state index is -0.329. The quantitative estimate of drug-likeness (QED) is 0.847. The summed E-state index contributed by atoms with van der Waals surface area (Å²) in [5.41, 5.74) is 7.64. The molecule has 1 saturated heterocycles. The summed E-state index contributed by atoms with van der Waals surface area (Å²) in [6.07, 6.45) is 0.612. The van der Waals surface area contributed by atoms with E-state index in [-0.39, 0.29) is 18.0 Å². The van der Waals surface area contributed by atoms with Crippen molar-refractivity contribution in [1.82, 2.24) is 0 Å². The normalized spacial score (nSPS) is 26.2. The van der Waals surface area contributed by atoms with Crippen LogP contribution < -0.4 is 10.6 Å². The molecule has 2 rings (SSSR count). The molecule has 2 unspecified atom stereocenters. The largest absolute Gasteiger partial charge is 0.391 e. The summed E-state index contributed by atoms with van der Waals surface area (Å²) < 4.78 is 13.3. The number of aliphatic hydroxyl groups is 1. The van der Waals surface area contributed by atoms with Crippen LogP contribution in [0.25, 0.3) is 0 Å². The second kappa shape index (κ2) is 5.24. The van der Waals surface area contributed by atoms with Crippen LogP contribution in [0.1, 0.15) is 31.9 Å². The molecule has 1 fully saturated rings. The van der Waals surface area contributed by atoms with Gasteiger partial charge in [0.1, 0.15) is 5.82 Å². The SMILES string of the molecule is CC1CCN(c2ccc(F)cc2[C@@H](C)N)CC1O. The molecule has 0 amide bonds. The van der Waals surface area contributed by atoms with Crippen molar-refractivity contribution in [3.05, 3.63) is 29.6 Å². The minimum absolute atomic E-state index is 0.216. The number of halogens is 1. The molecule has 0 radical (unpaired) electrons. The molecule has 1 aliphatic rings. The molecule has 3 atom stereocenters. The van der Waals surface area contributed by atoms with E-state index in [1.807, 2.05) is 6.92 Å². The molecule has 1 aromatic rings. The lowest BCUT2D eigenvalue weighted by atomic mass is 9.94. The molecule has 4 heteroatoms. The zero-order valence-corrected chi connectivity index (χ0v) is 10.9. The highest BCUT2D eigenvalue weighted by atomic mass is 19.1. The summed E-state index contributed by atoms with van der Waals surface area (Å²) >= 11 is 0. The monoisotopic (exact) mass is 252 g/mol. The number of benzene rings is 1.